The molecule has 26 heavy (non-hydrogen) atoms. The average molecular weight is 490 g/mol. The van der Waals surface area contributed by atoms with E-state index in [0.29, 0.717) is 0 Å². The summed E-state index contributed by atoms with van der Waals surface area (Å²) in [5, 5.41) is 7.64. The minimum atomic E-state index is 0. The Bertz CT molecular complexity index is 528. The number of hydrogen-bond acceptors (Lipinski definition) is 3. The Labute approximate surface area is 181 Å². The molecular weight excluding hydrogens is 455 g/mol. The quantitative estimate of drug-likeness (QED) is 0.311. The van der Waals surface area contributed by atoms with Crippen LogP contribution in [0.25, 0.3) is 0 Å². The predicted molar refractivity (Wildman–Crippen MR) is 127 cm³/mol. The van der Waals surface area contributed by atoms with E-state index in [4.69, 9.17) is 4.99 Å². The number of aliphatic imine (C=N–C) groups is 1. The van der Waals surface area contributed by atoms with E-state index in [1.54, 1.807) is 0 Å². The second-order valence-electron chi connectivity index (χ2n) is 6.44. The summed E-state index contributed by atoms with van der Waals surface area (Å²) in [6.07, 6.45) is 2.67. The van der Waals surface area contributed by atoms with E-state index in [-0.39, 0.29) is 24.0 Å². The summed E-state index contributed by atoms with van der Waals surface area (Å²) >= 11 is 2.08. The van der Waals surface area contributed by atoms with Crippen molar-refractivity contribution >= 4 is 41.7 Å². The van der Waals surface area contributed by atoms with E-state index in [0.717, 1.165) is 50.5 Å². The van der Waals surface area contributed by atoms with Crippen molar-refractivity contribution in [2.45, 2.75) is 52.0 Å². The summed E-state index contributed by atoms with van der Waals surface area (Å²) in [6, 6.07) is 8.69. The number of halogens is 1. The standard InChI is InChI=1S/C20H34N4S.HI/c1-4-21-20(23-15-19-12-9-13-25-19)22-14-17-10-7-8-11-18(17)16-24(5-2)6-3;/h7-8,10-11,19H,4-6,9,12-16H2,1-3H3,(H2,21,22,23);1H. The van der Waals surface area contributed by atoms with Gasteiger partial charge in [-0.3, -0.25) is 4.90 Å². The van der Waals surface area contributed by atoms with Gasteiger partial charge in [0.15, 0.2) is 5.96 Å². The number of rotatable bonds is 9. The number of thioether (sulfide) groups is 1. The molecule has 0 amide bonds. The van der Waals surface area contributed by atoms with E-state index in [2.05, 4.69) is 72.3 Å². The number of nitrogens with one attached hydrogen (secondary N) is 2. The van der Waals surface area contributed by atoms with E-state index >= 15 is 0 Å². The first kappa shape index (κ1) is 23.6. The van der Waals surface area contributed by atoms with Gasteiger partial charge in [0.1, 0.15) is 0 Å². The van der Waals surface area contributed by atoms with E-state index < -0.39 is 0 Å². The predicted octanol–water partition coefficient (Wildman–Crippen LogP) is 4.10. The summed E-state index contributed by atoms with van der Waals surface area (Å²) in [7, 11) is 0. The van der Waals surface area contributed by atoms with Crippen LogP contribution in [0.3, 0.4) is 0 Å². The van der Waals surface area contributed by atoms with E-state index in [9.17, 15) is 0 Å². The average Bonchev–Trinajstić information content (AvgIpc) is 3.16. The zero-order valence-corrected chi connectivity index (χ0v) is 19.6. The van der Waals surface area contributed by atoms with E-state index in [1.165, 1.54) is 29.7 Å². The van der Waals surface area contributed by atoms with Crippen molar-refractivity contribution < 1.29 is 0 Å². The SMILES string of the molecule is CCNC(=NCc1ccccc1CN(CC)CC)NCC1CCCS1.I. The second kappa shape index (κ2) is 13.7. The number of hydrogen-bond donors (Lipinski definition) is 2. The molecule has 2 rings (SSSR count). The van der Waals surface area contributed by atoms with Crippen molar-refractivity contribution in [3.8, 4) is 0 Å². The lowest BCUT2D eigenvalue weighted by Crippen LogP contribution is -2.40. The molecule has 0 bridgehead atoms. The highest BCUT2D eigenvalue weighted by Gasteiger charge is 2.15. The smallest absolute Gasteiger partial charge is 0.191 e. The van der Waals surface area contributed by atoms with Gasteiger partial charge >= 0.3 is 0 Å². The topological polar surface area (TPSA) is 39.7 Å². The molecule has 0 aliphatic carbocycles. The lowest BCUT2D eigenvalue weighted by molar-refractivity contribution is 0.295. The van der Waals surface area contributed by atoms with Crippen molar-refractivity contribution in [3.63, 3.8) is 0 Å². The maximum atomic E-state index is 4.83. The molecule has 2 N–H and O–H groups in total. The zero-order chi connectivity index (χ0) is 17.9. The van der Waals surface area contributed by atoms with Crippen molar-refractivity contribution in [1.82, 2.24) is 15.5 Å². The number of nitrogens with zero attached hydrogens (tertiary/aromatic N) is 2. The maximum absolute atomic E-state index is 4.83. The van der Waals surface area contributed by atoms with Gasteiger partial charge in [0.25, 0.3) is 0 Å². The first-order chi connectivity index (χ1) is 12.3. The van der Waals surface area contributed by atoms with Crippen molar-refractivity contribution in [3.05, 3.63) is 35.4 Å². The molecule has 0 radical (unpaired) electrons. The molecule has 1 aromatic rings. The molecule has 1 aromatic carbocycles. The molecule has 1 unspecified atom stereocenters. The van der Waals surface area contributed by atoms with Crippen LogP contribution >= 0.6 is 35.7 Å². The molecule has 0 spiro atoms. The van der Waals surface area contributed by atoms with Crippen molar-refractivity contribution in [1.29, 1.82) is 0 Å². The largest absolute Gasteiger partial charge is 0.357 e. The van der Waals surface area contributed by atoms with Gasteiger partial charge in [0, 0.05) is 24.9 Å². The van der Waals surface area contributed by atoms with Gasteiger partial charge in [0.2, 0.25) is 0 Å². The van der Waals surface area contributed by atoms with Gasteiger partial charge in [-0.25, -0.2) is 4.99 Å². The van der Waals surface area contributed by atoms with Crippen LogP contribution in [0.5, 0.6) is 0 Å². The van der Waals surface area contributed by atoms with Crippen LogP contribution in [0.4, 0.5) is 0 Å². The molecule has 4 nitrogen and oxygen atoms in total. The fraction of sp³-hybridized carbons (Fsp3) is 0.650. The third kappa shape index (κ3) is 8.05. The zero-order valence-electron chi connectivity index (χ0n) is 16.5. The molecule has 6 heteroatoms. The van der Waals surface area contributed by atoms with Crippen LogP contribution in [-0.4, -0.2) is 48.0 Å². The Morgan fingerprint density at radius 3 is 2.50 bits per heavy atom. The molecule has 148 valence electrons. The highest BCUT2D eigenvalue weighted by molar-refractivity contribution is 14.0. The summed E-state index contributed by atoms with van der Waals surface area (Å²) in [6.45, 7) is 12.4. The minimum Gasteiger partial charge on any atom is -0.357 e. The van der Waals surface area contributed by atoms with Crippen LogP contribution < -0.4 is 10.6 Å². The van der Waals surface area contributed by atoms with Crippen LogP contribution in [0, 0.1) is 0 Å². The Balaban J connectivity index is 0.00000338. The Kier molecular flexibility index (Phi) is 12.4. The third-order valence-corrected chi connectivity index (χ3v) is 6.08. The molecule has 1 aliphatic heterocycles. The van der Waals surface area contributed by atoms with Gasteiger partial charge in [-0.15, -0.1) is 24.0 Å². The summed E-state index contributed by atoms with van der Waals surface area (Å²) in [5.74, 6) is 2.24. The first-order valence-corrected chi connectivity index (χ1v) is 10.7. The molecule has 0 aromatic heterocycles. The molecule has 1 atom stereocenters. The van der Waals surface area contributed by atoms with Crippen molar-refractivity contribution in [2.75, 3.05) is 31.9 Å². The normalized spacial score (nSPS) is 17.2. The number of guanidine groups is 1. The lowest BCUT2D eigenvalue weighted by atomic mass is 10.1. The van der Waals surface area contributed by atoms with Crippen molar-refractivity contribution in [2.24, 2.45) is 4.99 Å². The fourth-order valence-corrected chi connectivity index (χ4v) is 4.28. The highest BCUT2D eigenvalue weighted by Crippen LogP contribution is 2.25. The minimum absolute atomic E-state index is 0. The molecule has 1 heterocycles. The monoisotopic (exact) mass is 490 g/mol. The Hall–Kier alpha value is -0.470. The number of benzene rings is 1. The third-order valence-electron chi connectivity index (χ3n) is 4.68. The Morgan fingerprint density at radius 1 is 1.15 bits per heavy atom. The summed E-state index contributed by atoms with van der Waals surface area (Å²) < 4.78 is 0. The molecule has 1 aliphatic rings. The van der Waals surface area contributed by atoms with E-state index in [1.807, 2.05) is 0 Å². The maximum Gasteiger partial charge on any atom is 0.191 e. The van der Waals surface area contributed by atoms with Gasteiger partial charge in [-0.05, 0) is 49.7 Å². The van der Waals surface area contributed by atoms with Gasteiger partial charge in [0.05, 0.1) is 6.54 Å². The van der Waals surface area contributed by atoms with Gasteiger partial charge in [-0.2, -0.15) is 11.8 Å². The second-order valence-corrected chi connectivity index (χ2v) is 7.85. The van der Waals surface area contributed by atoms with Crippen LogP contribution in [0.1, 0.15) is 44.7 Å². The van der Waals surface area contributed by atoms with Crippen LogP contribution in [0.15, 0.2) is 29.3 Å². The Morgan fingerprint density at radius 2 is 1.88 bits per heavy atom. The molecular formula is C20H35IN4S. The van der Waals surface area contributed by atoms with Gasteiger partial charge in [-0.1, -0.05) is 38.1 Å². The van der Waals surface area contributed by atoms with Crippen LogP contribution in [0.2, 0.25) is 0 Å². The van der Waals surface area contributed by atoms with Gasteiger partial charge < -0.3 is 10.6 Å². The first-order valence-electron chi connectivity index (χ1n) is 9.69. The highest BCUT2D eigenvalue weighted by atomic mass is 127. The molecule has 0 saturated carbocycles. The summed E-state index contributed by atoms with van der Waals surface area (Å²) in [4.78, 5) is 7.28. The lowest BCUT2D eigenvalue weighted by Gasteiger charge is -2.20. The summed E-state index contributed by atoms with van der Waals surface area (Å²) in [5.41, 5.74) is 2.71. The molecule has 1 saturated heterocycles. The van der Waals surface area contributed by atoms with Crippen LogP contribution in [-0.2, 0) is 13.1 Å². The fourth-order valence-electron chi connectivity index (χ4n) is 3.08. The molecule has 1 fully saturated rings.